The van der Waals surface area contributed by atoms with Gasteiger partial charge >= 0.3 is 0 Å². The van der Waals surface area contributed by atoms with Crippen LogP contribution < -0.4 is 10.6 Å². The zero-order chi connectivity index (χ0) is 16.1. The van der Waals surface area contributed by atoms with Gasteiger partial charge in [-0.05, 0) is 36.4 Å². The van der Waals surface area contributed by atoms with Gasteiger partial charge in [0.2, 0.25) is 0 Å². The van der Waals surface area contributed by atoms with Gasteiger partial charge in [0.1, 0.15) is 11.6 Å². The van der Waals surface area contributed by atoms with E-state index < -0.39 is 5.82 Å². The minimum atomic E-state index is -0.418. The molecule has 0 radical (unpaired) electrons. The smallest absolute Gasteiger partial charge is 0.259 e. The van der Waals surface area contributed by atoms with Crippen molar-refractivity contribution in [2.24, 2.45) is 0 Å². The molecule has 6 heteroatoms. The number of hydrogen-bond donors (Lipinski definition) is 2. The Balaban J connectivity index is 1.86. The summed E-state index contributed by atoms with van der Waals surface area (Å²) in [6, 6.07) is 12.8. The van der Waals surface area contributed by atoms with Crippen LogP contribution in [0.5, 0.6) is 0 Å². The quantitative estimate of drug-likeness (QED) is 0.772. The highest BCUT2D eigenvalue weighted by Gasteiger charge is 2.13. The van der Waals surface area contributed by atoms with Gasteiger partial charge in [-0.3, -0.25) is 9.78 Å². The first-order chi connectivity index (χ1) is 11.2. The summed E-state index contributed by atoms with van der Waals surface area (Å²) in [6.45, 7) is 0. The SMILES string of the molecule is O=C(Nc1ccncc1)c1cccnc1Nc1ccccc1F. The predicted octanol–water partition coefficient (Wildman–Crippen LogP) is 3.61. The lowest BCUT2D eigenvalue weighted by Gasteiger charge is -2.11. The molecule has 0 bridgehead atoms. The Bertz CT molecular complexity index is 824. The summed E-state index contributed by atoms with van der Waals surface area (Å²) in [5.41, 5.74) is 1.18. The van der Waals surface area contributed by atoms with E-state index in [9.17, 15) is 9.18 Å². The Hall–Kier alpha value is -3.28. The van der Waals surface area contributed by atoms with Gasteiger partial charge in [-0.1, -0.05) is 12.1 Å². The molecule has 0 saturated heterocycles. The van der Waals surface area contributed by atoms with E-state index in [2.05, 4.69) is 20.6 Å². The zero-order valence-electron chi connectivity index (χ0n) is 12.0. The number of carbonyl (C=O) groups excluding carboxylic acids is 1. The molecule has 5 nitrogen and oxygen atoms in total. The van der Waals surface area contributed by atoms with E-state index in [0.29, 0.717) is 11.3 Å². The number of benzene rings is 1. The van der Waals surface area contributed by atoms with E-state index in [4.69, 9.17) is 0 Å². The second kappa shape index (κ2) is 6.65. The van der Waals surface area contributed by atoms with Crippen molar-refractivity contribution in [3.8, 4) is 0 Å². The highest BCUT2D eigenvalue weighted by Crippen LogP contribution is 2.21. The Morgan fingerprint density at radius 1 is 0.957 bits per heavy atom. The average Bonchev–Trinajstić information content (AvgIpc) is 2.58. The molecule has 0 aliphatic rings. The molecule has 2 aromatic heterocycles. The molecular weight excluding hydrogens is 295 g/mol. The molecule has 0 aliphatic heterocycles. The van der Waals surface area contributed by atoms with Gasteiger partial charge in [0.25, 0.3) is 5.91 Å². The summed E-state index contributed by atoms with van der Waals surface area (Å²) >= 11 is 0. The molecule has 0 saturated carbocycles. The molecule has 0 spiro atoms. The predicted molar refractivity (Wildman–Crippen MR) is 86.1 cm³/mol. The number of nitrogens with zero attached hydrogens (tertiary/aromatic N) is 2. The number of anilines is 3. The van der Waals surface area contributed by atoms with Crippen LogP contribution in [0, 0.1) is 5.82 Å². The van der Waals surface area contributed by atoms with E-state index in [-0.39, 0.29) is 17.4 Å². The first-order valence-electron chi connectivity index (χ1n) is 6.92. The van der Waals surface area contributed by atoms with Crippen molar-refractivity contribution in [2.45, 2.75) is 0 Å². The second-order valence-corrected chi connectivity index (χ2v) is 4.69. The highest BCUT2D eigenvalue weighted by molar-refractivity contribution is 6.07. The number of rotatable bonds is 4. The fourth-order valence-corrected chi connectivity index (χ4v) is 2.01. The lowest BCUT2D eigenvalue weighted by molar-refractivity contribution is 0.102. The third-order valence-corrected chi connectivity index (χ3v) is 3.12. The number of amides is 1. The van der Waals surface area contributed by atoms with E-state index in [1.165, 1.54) is 12.3 Å². The third kappa shape index (κ3) is 3.49. The van der Waals surface area contributed by atoms with E-state index >= 15 is 0 Å². The van der Waals surface area contributed by atoms with Crippen LogP contribution in [0.4, 0.5) is 21.6 Å². The molecule has 1 aromatic carbocycles. The number of carbonyl (C=O) groups is 1. The van der Waals surface area contributed by atoms with Gasteiger partial charge in [-0.15, -0.1) is 0 Å². The van der Waals surface area contributed by atoms with Gasteiger partial charge in [0, 0.05) is 24.3 Å². The van der Waals surface area contributed by atoms with Crippen LogP contribution in [-0.4, -0.2) is 15.9 Å². The Kier molecular flexibility index (Phi) is 4.24. The van der Waals surface area contributed by atoms with E-state index in [1.54, 1.807) is 54.9 Å². The summed E-state index contributed by atoms with van der Waals surface area (Å²) in [7, 11) is 0. The molecule has 3 aromatic rings. The maximum absolute atomic E-state index is 13.8. The van der Waals surface area contributed by atoms with Crippen LogP contribution in [-0.2, 0) is 0 Å². The molecule has 3 rings (SSSR count). The first kappa shape index (κ1) is 14.6. The molecular formula is C17H13FN4O. The fraction of sp³-hybridized carbons (Fsp3) is 0. The van der Waals surface area contributed by atoms with Gasteiger partial charge in [-0.2, -0.15) is 0 Å². The highest BCUT2D eigenvalue weighted by atomic mass is 19.1. The Morgan fingerprint density at radius 2 is 1.74 bits per heavy atom. The molecule has 1 amide bonds. The molecule has 2 N–H and O–H groups in total. The van der Waals surface area contributed by atoms with Crippen LogP contribution in [0.15, 0.2) is 67.1 Å². The van der Waals surface area contributed by atoms with Crippen molar-refractivity contribution >= 4 is 23.1 Å². The van der Waals surface area contributed by atoms with Crippen molar-refractivity contribution in [1.29, 1.82) is 0 Å². The lowest BCUT2D eigenvalue weighted by Crippen LogP contribution is -2.14. The summed E-state index contributed by atoms with van der Waals surface area (Å²) in [4.78, 5) is 20.4. The van der Waals surface area contributed by atoms with Gasteiger partial charge < -0.3 is 10.6 Å². The standard InChI is InChI=1S/C17H13FN4O/c18-14-5-1-2-6-15(14)22-16-13(4-3-9-20-16)17(23)21-12-7-10-19-11-8-12/h1-11H,(H,20,22)(H,19,21,23). The molecule has 0 aliphatic carbocycles. The summed E-state index contributed by atoms with van der Waals surface area (Å²) in [6.07, 6.45) is 4.70. The number of para-hydroxylation sites is 1. The van der Waals surface area contributed by atoms with Gasteiger partial charge in [0.05, 0.1) is 11.3 Å². The third-order valence-electron chi connectivity index (χ3n) is 3.12. The van der Waals surface area contributed by atoms with Crippen molar-refractivity contribution in [1.82, 2.24) is 9.97 Å². The first-order valence-corrected chi connectivity index (χ1v) is 6.92. The lowest BCUT2D eigenvalue weighted by atomic mass is 10.2. The second-order valence-electron chi connectivity index (χ2n) is 4.69. The maximum Gasteiger partial charge on any atom is 0.259 e. The molecule has 23 heavy (non-hydrogen) atoms. The van der Waals surface area contributed by atoms with Crippen LogP contribution in [0.1, 0.15) is 10.4 Å². The average molecular weight is 308 g/mol. The number of nitrogens with one attached hydrogen (secondary N) is 2. The summed E-state index contributed by atoms with van der Waals surface area (Å²) in [5, 5.41) is 5.59. The number of aromatic nitrogens is 2. The van der Waals surface area contributed by atoms with Crippen LogP contribution in [0.3, 0.4) is 0 Å². The van der Waals surface area contributed by atoms with Gasteiger partial charge in [-0.25, -0.2) is 9.37 Å². The van der Waals surface area contributed by atoms with Gasteiger partial charge in [0.15, 0.2) is 0 Å². The summed E-state index contributed by atoms with van der Waals surface area (Å²) in [5.74, 6) is -0.481. The summed E-state index contributed by atoms with van der Waals surface area (Å²) < 4.78 is 13.8. The van der Waals surface area contributed by atoms with E-state index in [1.807, 2.05) is 0 Å². The largest absolute Gasteiger partial charge is 0.337 e. The zero-order valence-corrected chi connectivity index (χ0v) is 12.0. The van der Waals surface area contributed by atoms with Crippen molar-refractivity contribution in [3.63, 3.8) is 0 Å². The van der Waals surface area contributed by atoms with E-state index in [0.717, 1.165) is 0 Å². The Labute approximate surface area is 132 Å². The number of pyridine rings is 2. The minimum Gasteiger partial charge on any atom is -0.337 e. The topological polar surface area (TPSA) is 66.9 Å². The molecule has 0 unspecified atom stereocenters. The Morgan fingerprint density at radius 3 is 2.52 bits per heavy atom. The van der Waals surface area contributed by atoms with Crippen LogP contribution in [0.2, 0.25) is 0 Å². The molecule has 114 valence electrons. The van der Waals surface area contributed by atoms with Crippen LogP contribution >= 0.6 is 0 Å². The monoisotopic (exact) mass is 308 g/mol. The fourth-order valence-electron chi connectivity index (χ4n) is 2.01. The maximum atomic E-state index is 13.8. The minimum absolute atomic E-state index is 0.254. The number of halogens is 1. The van der Waals surface area contributed by atoms with Crippen molar-refractivity contribution < 1.29 is 9.18 Å². The van der Waals surface area contributed by atoms with Crippen LogP contribution in [0.25, 0.3) is 0 Å². The van der Waals surface area contributed by atoms with Crippen molar-refractivity contribution in [2.75, 3.05) is 10.6 Å². The molecule has 0 fully saturated rings. The molecule has 0 atom stereocenters. The molecule has 2 heterocycles. The normalized spacial score (nSPS) is 10.1. The number of hydrogen-bond acceptors (Lipinski definition) is 4. The van der Waals surface area contributed by atoms with Crippen molar-refractivity contribution in [3.05, 3.63) is 78.5 Å².